The minimum atomic E-state index is -1.40. The van der Waals surface area contributed by atoms with Crippen LogP contribution in [0, 0.1) is 0 Å². The van der Waals surface area contributed by atoms with Crippen LogP contribution in [0.25, 0.3) is 0 Å². The molecule has 10 nitrogen and oxygen atoms in total. The van der Waals surface area contributed by atoms with Gasteiger partial charge in [-0.1, -0.05) is 78.9 Å². The third-order valence-electron chi connectivity index (χ3n) is 8.80. The smallest absolute Gasteiger partial charge is 0.351 e. The third-order valence-corrected chi connectivity index (χ3v) is 8.80. The van der Waals surface area contributed by atoms with Gasteiger partial charge in [0.2, 0.25) is 0 Å². The normalized spacial score (nSPS) is 18.8. The molecule has 0 spiro atoms. The molecule has 1 saturated heterocycles. The summed E-state index contributed by atoms with van der Waals surface area (Å²) >= 11 is 0. The molecule has 0 saturated carbocycles. The van der Waals surface area contributed by atoms with Gasteiger partial charge in [0, 0.05) is 18.2 Å². The summed E-state index contributed by atoms with van der Waals surface area (Å²) in [6.45, 7) is 3.88. The van der Waals surface area contributed by atoms with Crippen LogP contribution in [0.5, 0.6) is 11.5 Å². The molecule has 0 unspecified atom stereocenters. The van der Waals surface area contributed by atoms with Crippen LogP contribution in [0.15, 0.2) is 139 Å². The largest absolute Gasteiger partial charge is 0.497 e. The minimum Gasteiger partial charge on any atom is -0.497 e. The first-order valence-electron chi connectivity index (χ1n) is 15.8. The zero-order valence-corrected chi connectivity index (χ0v) is 27.2. The van der Waals surface area contributed by atoms with Gasteiger partial charge in [-0.15, -0.1) is 6.58 Å². The molecule has 1 aliphatic heterocycles. The fourth-order valence-corrected chi connectivity index (χ4v) is 6.09. The number of aliphatic hydroxyl groups excluding tert-OH is 1. The van der Waals surface area contributed by atoms with Crippen molar-refractivity contribution in [2.45, 2.75) is 30.0 Å². The molecule has 5 aromatic rings. The predicted octanol–water partition coefficient (Wildman–Crippen LogP) is 5.73. The summed E-state index contributed by atoms with van der Waals surface area (Å²) in [5.41, 5.74) is -0.344. The van der Waals surface area contributed by atoms with E-state index in [4.69, 9.17) is 18.9 Å². The highest BCUT2D eigenvalue weighted by molar-refractivity contribution is 6.03. The molecular formula is C39H37N3O7. The summed E-state index contributed by atoms with van der Waals surface area (Å²) in [6.07, 6.45) is 1.09. The fraction of sp³-hybridized carbons (Fsp3) is 0.205. The molecule has 2 heterocycles. The first-order chi connectivity index (χ1) is 23.8. The summed E-state index contributed by atoms with van der Waals surface area (Å²) in [5.74, 6) is 1.07. The van der Waals surface area contributed by atoms with Crippen molar-refractivity contribution in [1.82, 2.24) is 9.55 Å². The zero-order valence-electron chi connectivity index (χ0n) is 27.2. The van der Waals surface area contributed by atoms with Gasteiger partial charge in [0.1, 0.15) is 34.7 Å². The van der Waals surface area contributed by atoms with Gasteiger partial charge in [-0.05, 0) is 59.2 Å². The zero-order chi connectivity index (χ0) is 34.4. The Morgan fingerprint density at radius 1 is 0.918 bits per heavy atom. The topological polar surface area (TPSA) is 121 Å². The van der Waals surface area contributed by atoms with Gasteiger partial charge in [0.15, 0.2) is 0 Å². The number of aliphatic hydroxyl groups is 1. The molecule has 250 valence electrons. The summed E-state index contributed by atoms with van der Waals surface area (Å²) in [7, 11) is 3.22. The monoisotopic (exact) mass is 659 g/mol. The lowest BCUT2D eigenvalue weighted by molar-refractivity contribution is -0.135. The van der Waals surface area contributed by atoms with E-state index in [-0.39, 0.29) is 18.8 Å². The van der Waals surface area contributed by atoms with Gasteiger partial charge in [-0.3, -0.25) is 9.36 Å². The molecule has 3 atom stereocenters. The van der Waals surface area contributed by atoms with Gasteiger partial charge < -0.3 is 29.4 Å². The van der Waals surface area contributed by atoms with Gasteiger partial charge in [0.25, 0.3) is 5.91 Å². The van der Waals surface area contributed by atoms with Gasteiger partial charge in [-0.25, -0.2) is 4.79 Å². The van der Waals surface area contributed by atoms with Gasteiger partial charge >= 0.3 is 5.69 Å². The van der Waals surface area contributed by atoms with E-state index in [9.17, 15) is 14.7 Å². The second kappa shape index (κ2) is 14.3. The van der Waals surface area contributed by atoms with Crippen LogP contribution < -0.4 is 20.5 Å². The van der Waals surface area contributed by atoms with Crippen molar-refractivity contribution >= 4 is 11.7 Å². The Balaban J connectivity index is 1.32. The van der Waals surface area contributed by atoms with Crippen molar-refractivity contribution in [2.75, 3.05) is 26.1 Å². The lowest BCUT2D eigenvalue weighted by Gasteiger charge is -2.39. The maximum absolute atomic E-state index is 13.2. The molecule has 0 radical (unpaired) electrons. The van der Waals surface area contributed by atoms with Crippen molar-refractivity contribution in [3.05, 3.63) is 167 Å². The van der Waals surface area contributed by atoms with Crippen LogP contribution in [0.4, 0.5) is 5.82 Å². The molecule has 1 aromatic heterocycles. The van der Waals surface area contributed by atoms with Crippen molar-refractivity contribution in [2.24, 2.45) is 0 Å². The standard InChI is InChI=1S/C39H37N3O7/c1-4-38(33(43)25-35(49-38)42-24-23-34(41-37(42)45)40-36(44)27-11-7-5-8-12-27)26-48-39(28-13-9-6-10-14-28,29-15-19-31(46-2)20-16-29)30-17-21-32(47-3)22-18-30/h4-24,33,35,43H,1,25-26H2,2-3H3,(H,40,41,44,45)/t33-,35+,38+/m0/s1. The van der Waals surface area contributed by atoms with Crippen LogP contribution in [-0.4, -0.2) is 53.1 Å². The van der Waals surface area contributed by atoms with Crippen LogP contribution >= 0.6 is 0 Å². The molecular weight excluding hydrogens is 622 g/mol. The summed E-state index contributed by atoms with van der Waals surface area (Å²) < 4.78 is 25.6. The summed E-state index contributed by atoms with van der Waals surface area (Å²) in [4.78, 5) is 29.8. The average Bonchev–Trinajstić information content (AvgIpc) is 3.48. The van der Waals surface area contributed by atoms with E-state index in [1.54, 1.807) is 44.6 Å². The highest BCUT2D eigenvalue weighted by atomic mass is 16.6. The summed E-state index contributed by atoms with van der Waals surface area (Å²) in [6, 6.07) is 35.1. The average molecular weight is 660 g/mol. The number of hydrogen-bond acceptors (Lipinski definition) is 8. The number of nitrogens with one attached hydrogen (secondary N) is 1. The third kappa shape index (κ3) is 6.62. The van der Waals surface area contributed by atoms with E-state index in [1.165, 1.54) is 22.9 Å². The van der Waals surface area contributed by atoms with E-state index < -0.39 is 35.1 Å². The van der Waals surface area contributed by atoms with Gasteiger partial charge in [-0.2, -0.15) is 4.98 Å². The van der Waals surface area contributed by atoms with Gasteiger partial charge in [0.05, 0.1) is 26.9 Å². The number of benzene rings is 4. The molecule has 0 bridgehead atoms. The fourth-order valence-electron chi connectivity index (χ4n) is 6.09. The second-order valence-electron chi connectivity index (χ2n) is 11.6. The van der Waals surface area contributed by atoms with E-state index >= 15 is 0 Å². The molecule has 1 fully saturated rings. The van der Waals surface area contributed by atoms with Crippen molar-refractivity contribution < 1.29 is 28.8 Å². The number of ether oxygens (including phenoxy) is 4. The number of aromatic nitrogens is 2. The van der Waals surface area contributed by atoms with Crippen LogP contribution in [0.3, 0.4) is 0 Å². The Morgan fingerprint density at radius 3 is 2.00 bits per heavy atom. The Labute approximate surface area is 284 Å². The molecule has 6 rings (SSSR count). The molecule has 49 heavy (non-hydrogen) atoms. The molecule has 0 aliphatic carbocycles. The van der Waals surface area contributed by atoms with Crippen LogP contribution in [0.1, 0.15) is 39.7 Å². The number of amides is 1. The highest BCUT2D eigenvalue weighted by Gasteiger charge is 2.50. The summed E-state index contributed by atoms with van der Waals surface area (Å²) in [5, 5.41) is 14.2. The predicted molar refractivity (Wildman–Crippen MR) is 185 cm³/mol. The number of carbonyl (C=O) groups is 1. The molecule has 4 aromatic carbocycles. The lowest BCUT2D eigenvalue weighted by Crippen LogP contribution is -2.46. The Bertz CT molecular complexity index is 1900. The maximum atomic E-state index is 13.2. The van der Waals surface area contributed by atoms with Crippen LogP contribution in [-0.2, 0) is 15.1 Å². The lowest BCUT2D eigenvalue weighted by atomic mass is 9.79. The SMILES string of the molecule is C=C[C@]1(COC(c2ccccc2)(c2ccc(OC)cc2)c2ccc(OC)cc2)O[C@@H](n2ccc(NC(=O)c3ccccc3)nc2=O)C[C@@H]1O. The first kappa shape index (κ1) is 33.4. The quantitative estimate of drug-likeness (QED) is 0.129. The van der Waals surface area contributed by atoms with Crippen molar-refractivity contribution in [3.8, 4) is 11.5 Å². The molecule has 1 amide bonds. The Hall–Kier alpha value is -5.55. The number of carbonyl (C=O) groups excluding carboxylic acids is 1. The van der Waals surface area contributed by atoms with Crippen molar-refractivity contribution in [3.63, 3.8) is 0 Å². The Morgan fingerprint density at radius 2 is 1.47 bits per heavy atom. The number of nitrogens with zero attached hydrogens (tertiary/aromatic N) is 2. The minimum absolute atomic E-state index is 0.0656. The molecule has 10 heteroatoms. The number of rotatable bonds is 12. The Kier molecular flexibility index (Phi) is 9.72. The van der Waals surface area contributed by atoms with E-state index in [2.05, 4.69) is 16.9 Å². The number of anilines is 1. The first-order valence-corrected chi connectivity index (χ1v) is 15.8. The van der Waals surface area contributed by atoms with Crippen molar-refractivity contribution in [1.29, 1.82) is 0 Å². The second-order valence-corrected chi connectivity index (χ2v) is 11.6. The van der Waals surface area contributed by atoms with E-state index in [1.807, 2.05) is 78.9 Å². The molecule has 1 aliphatic rings. The van der Waals surface area contributed by atoms with E-state index in [0.717, 1.165) is 16.7 Å². The van der Waals surface area contributed by atoms with E-state index in [0.29, 0.717) is 17.1 Å². The highest BCUT2D eigenvalue weighted by Crippen LogP contribution is 2.45. The number of methoxy groups -OCH3 is 2. The van der Waals surface area contributed by atoms with Crippen LogP contribution in [0.2, 0.25) is 0 Å². The molecule has 2 N–H and O–H groups in total. The number of hydrogen-bond donors (Lipinski definition) is 2. The maximum Gasteiger partial charge on any atom is 0.351 e.